The predicted octanol–water partition coefficient (Wildman–Crippen LogP) is 1.02. The zero-order valence-corrected chi connectivity index (χ0v) is 14.7. The number of hydrogen-bond acceptors (Lipinski definition) is 4. The highest BCUT2D eigenvalue weighted by Gasteiger charge is 2.29. The molecule has 25 heavy (non-hydrogen) atoms. The van der Waals surface area contributed by atoms with E-state index in [0.717, 1.165) is 29.7 Å². The Morgan fingerprint density at radius 3 is 2.80 bits per heavy atom. The van der Waals surface area contributed by atoms with Gasteiger partial charge in [-0.15, -0.1) is 12.4 Å². The number of rotatable bonds is 5. The van der Waals surface area contributed by atoms with Crippen molar-refractivity contribution in [1.29, 1.82) is 0 Å². The molecule has 1 saturated heterocycles. The predicted molar refractivity (Wildman–Crippen MR) is 95.3 cm³/mol. The summed E-state index contributed by atoms with van der Waals surface area (Å²) in [6, 6.07) is 6.74. The molecule has 2 unspecified atom stereocenters. The quantitative estimate of drug-likeness (QED) is 0.676. The molecule has 2 fully saturated rings. The maximum Gasteiger partial charge on any atom is 0.324 e. The number of carbonyl (C=O) groups excluding carboxylic acids is 3. The zero-order valence-electron chi connectivity index (χ0n) is 13.9. The van der Waals surface area contributed by atoms with Crippen molar-refractivity contribution in [3.05, 3.63) is 35.4 Å². The summed E-state index contributed by atoms with van der Waals surface area (Å²) in [5.74, 6) is -0.0611. The largest absolute Gasteiger partial charge is 0.349 e. The van der Waals surface area contributed by atoms with Gasteiger partial charge in [-0.2, -0.15) is 0 Å². The Hall–Kier alpha value is -2.12. The van der Waals surface area contributed by atoms with Gasteiger partial charge in [-0.1, -0.05) is 18.6 Å². The van der Waals surface area contributed by atoms with Gasteiger partial charge in [0.25, 0.3) is 5.91 Å². The number of imide groups is 1. The average Bonchev–Trinajstić information content (AvgIpc) is 3.16. The number of nitrogens with zero attached hydrogens (tertiary/aromatic N) is 1. The van der Waals surface area contributed by atoms with Crippen LogP contribution in [0.3, 0.4) is 0 Å². The van der Waals surface area contributed by atoms with E-state index in [0.29, 0.717) is 18.0 Å². The molecule has 1 heterocycles. The summed E-state index contributed by atoms with van der Waals surface area (Å²) in [4.78, 5) is 36.9. The Kier molecular flexibility index (Phi) is 6.39. The van der Waals surface area contributed by atoms with Gasteiger partial charge < -0.3 is 16.4 Å². The van der Waals surface area contributed by atoms with Gasteiger partial charge in [0.1, 0.15) is 0 Å². The van der Waals surface area contributed by atoms with E-state index in [1.165, 1.54) is 0 Å². The number of nitrogens with two attached hydrogens (primary N) is 1. The third-order valence-electron chi connectivity index (χ3n) is 4.75. The molecule has 1 aliphatic heterocycles. The smallest absolute Gasteiger partial charge is 0.324 e. The van der Waals surface area contributed by atoms with Gasteiger partial charge >= 0.3 is 6.03 Å². The van der Waals surface area contributed by atoms with Gasteiger partial charge in [-0.25, -0.2) is 4.79 Å². The first-order valence-corrected chi connectivity index (χ1v) is 8.26. The van der Waals surface area contributed by atoms with E-state index >= 15 is 0 Å². The van der Waals surface area contributed by atoms with E-state index in [2.05, 4.69) is 10.6 Å². The summed E-state index contributed by atoms with van der Waals surface area (Å²) in [6.45, 7) is 0.777. The molecule has 136 valence electrons. The monoisotopic (exact) mass is 366 g/mol. The summed E-state index contributed by atoms with van der Waals surface area (Å²) in [5.41, 5.74) is 7.03. The number of hydrogen-bond donors (Lipinski definition) is 3. The Morgan fingerprint density at radius 1 is 1.32 bits per heavy atom. The second kappa shape index (κ2) is 8.31. The van der Waals surface area contributed by atoms with Crippen molar-refractivity contribution in [3.63, 3.8) is 0 Å². The molecular formula is C17H23ClN4O3. The van der Waals surface area contributed by atoms with Crippen LogP contribution in [0.5, 0.6) is 0 Å². The van der Waals surface area contributed by atoms with Crippen LogP contribution in [0.4, 0.5) is 4.79 Å². The van der Waals surface area contributed by atoms with Gasteiger partial charge in [0.15, 0.2) is 0 Å². The molecule has 2 aliphatic rings. The Balaban J connectivity index is 0.00000225. The number of carbonyl (C=O) groups is 3. The van der Waals surface area contributed by atoms with Crippen LogP contribution in [-0.2, 0) is 11.3 Å². The fourth-order valence-electron chi connectivity index (χ4n) is 3.37. The second-order valence-electron chi connectivity index (χ2n) is 6.35. The van der Waals surface area contributed by atoms with Crippen LogP contribution < -0.4 is 16.4 Å². The second-order valence-corrected chi connectivity index (χ2v) is 6.35. The van der Waals surface area contributed by atoms with Crippen LogP contribution in [0.2, 0.25) is 0 Å². The van der Waals surface area contributed by atoms with E-state index in [1.54, 1.807) is 24.3 Å². The van der Waals surface area contributed by atoms with Crippen LogP contribution in [0.25, 0.3) is 0 Å². The molecule has 0 aromatic heterocycles. The van der Waals surface area contributed by atoms with Crippen molar-refractivity contribution in [1.82, 2.24) is 15.5 Å². The molecule has 8 heteroatoms. The maximum absolute atomic E-state index is 12.5. The summed E-state index contributed by atoms with van der Waals surface area (Å²) < 4.78 is 0. The molecule has 1 aromatic carbocycles. The van der Waals surface area contributed by atoms with Gasteiger partial charge in [-0.05, 0) is 43.0 Å². The first-order chi connectivity index (χ1) is 11.6. The molecule has 3 rings (SSSR count). The van der Waals surface area contributed by atoms with Crippen molar-refractivity contribution >= 4 is 30.3 Å². The fraction of sp³-hybridized carbons (Fsp3) is 0.471. The van der Waals surface area contributed by atoms with Crippen molar-refractivity contribution in [3.8, 4) is 0 Å². The highest BCUT2D eigenvalue weighted by molar-refractivity contribution is 6.02. The van der Waals surface area contributed by atoms with Crippen LogP contribution in [-0.4, -0.2) is 41.9 Å². The number of halogens is 1. The van der Waals surface area contributed by atoms with Gasteiger partial charge in [0.2, 0.25) is 5.91 Å². The Labute approximate surface area is 152 Å². The normalized spacial score (nSPS) is 22.5. The van der Waals surface area contributed by atoms with E-state index < -0.39 is 6.03 Å². The Morgan fingerprint density at radius 2 is 2.12 bits per heavy atom. The SMILES string of the molecule is Cl.NCC1CCCC1NC(=O)c1cccc(CN2C(=O)CNC2=O)c1. The molecule has 0 radical (unpaired) electrons. The molecule has 4 N–H and O–H groups in total. The Bertz CT molecular complexity index is 651. The van der Waals surface area contributed by atoms with Crippen LogP contribution in [0.15, 0.2) is 24.3 Å². The third kappa shape index (κ3) is 4.29. The van der Waals surface area contributed by atoms with Crippen molar-refractivity contribution in [2.75, 3.05) is 13.1 Å². The van der Waals surface area contributed by atoms with Crippen LogP contribution >= 0.6 is 12.4 Å². The highest BCUT2D eigenvalue weighted by atomic mass is 35.5. The summed E-state index contributed by atoms with van der Waals surface area (Å²) in [6.07, 6.45) is 3.09. The minimum absolute atomic E-state index is 0. The molecule has 4 amide bonds. The summed E-state index contributed by atoms with van der Waals surface area (Å²) >= 11 is 0. The van der Waals surface area contributed by atoms with Gasteiger partial charge in [0, 0.05) is 11.6 Å². The number of nitrogens with one attached hydrogen (secondary N) is 2. The van der Waals surface area contributed by atoms with Crippen molar-refractivity contribution in [2.45, 2.75) is 31.8 Å². The lowest BCUT2D eigenvalue weighted by Crippen LogP contribution is -2.39. The van der Waals surface area contributed by atoms with Gasteiger partial charge in [-0.3, -0.25) is 14.5 Å². The molecular weight excluding hydrogens is 344 g/mol. The molecule has 1 aromatic rings. The number of urea groups is 1. The topological polar surface area (TPSA) is 105 Å². The lowest BCUT2D eigenvalue weighted by atomic mass is 10.0. The molecule has 0 bridgehead atoms. The number of amides is 4. The van der Waals surface area contributed by atoms with Crippen molar-refractivity contribution < 1.29 is 14.4 Å². The molecule has 7 nitrogen and oxygen atoms in total. The van der Waals surface area contributed by atoms with Gasteiger partial charge in [0.05, 0.1) is 13.1 Å². The first kappa shape index (κ1) is 19.2. The maximum atomic E-state index is 12.5. The minimum atomic E-state index is -0.397. The fourth-order valence-corrected chi connectivity index (χ4v) is 3.37. The zero-order chi connectivity index (χ0) is 17.1. The van der Waals surface area contributed by atoms with Crippen molar-refractivity contribution in [2.24, 2.45) is 11.7 Å². The summed E-state index contributed by atoms with van der Waals surface area (Å²) in [5, 5.41) is 5.54. The van der Waals surface area contributed by atoms with Crippen LogP contribution in [0.1, 0.15) is 35.2 Å². The molecule has 1 aliphatic carbocycles. The first-order valence-electron chi connectivity index (χ1n) is 8.26. The molecule has 2 atom stereocenters. The third-order valence-corrected chi connectivity index (χ3v) is 4.75. The minimum Gasteiger partial charge on any atom is -0.349 e. The lowest BCUT2D eigenvalue weighted by molar-refractivity contribution is -0.125. The highest BCUT2D eigenvalue weighted by Crippen LogP contribution is 2.25. The number of benzene rings is 1. The standard InChI is InChI=1S/C17H22N4O3.ClH/c18-8-13-5-2-6-14(13)20-16(23)12-4-1-3-11(7-12)10-21-15(22)9-19-17(21)24;/h1,3-4,7,13-14H,2,5-6,8-10,18H2,(H,19,24)(H,20,23);1H. The van der Waals surface area contributed by atoms with E-state index in [-0.39, 0.29) is 43.4 Å². The van der Waals surface area contributed by atoms with E-state index in [1.807, 2.05) is 0 Å². The summed E-state index contributed by atoms with van der Waals surface area (Å²) in [7, 11) is 0. The van der Waals surface area contributed by atoms with Crippen LogP contribution in [0, 0.1) is 5.92 Å². The average molecular weight is 367 g/mol. The lowest BCUT2D eigenvalue weighted by Gasteiger charge is -2.20. The van der Waals surface area contributed by atoms with E-state index in [9.17, 15) is 14.4 Å². The molecule has 0 spiro atoms. The van der Waals surface area contributed by atoms with E-state index in [4.69, 9.17) is 5.73 Å². The molecule has 1 saturated carbocycles.